The Labute approximate surface area is 123 Å². The maximum atomic E-state index is 13.8. The van der Waals surface area contributed by atoms with Crippen molar-refractivity contribution in [2.24, 2.45) is 7.05 Å². The lowest BCUT2D eigenvalue weighted by molar-refractivity contribution is 0.637. The molecule has 1 aromatic heterocycles. The lowest BCUT2D eigenvalue weighted by Crippen LogP contribution is -1.97. The van der Waals surface area contributed by atoms with E-state index >= 15 is 0 Å². The second kappa shape index (κ2) is 4.48. The Bertz CT molecular complexity index is 780. The number of rotatable bonds is 1. The number of anilines is 1. The Morgan fingerprint density at radius 1 is 1.26 bits per heavy atom. The second-order valence-corrected chi connectivity index (χ2v) is 5.58. The van der Waals surface area contributed by atoms with Crippen LogP contribution >= 0.6 is 22.6 Å². The standard InChI is InChI=1S/C14H11FIN3/c1-19-12-4-2-3-10(15)13(12)18-14(19)9-7-8(16)5-6-11(9)17/h2-7H,17H2,1H3. The van der Waals surface area contributed by atoms with Crippen LogP contribution in [0.1, 0.15) is 0 Å². The Morgan fingerprint density at radius 3 is 2.79 bits per heavy atom. The molecule has 0 spiro atoms. The third kappa shape index (κ3) is 1.98. The van der Waals surface area contributed by atoms with E-state index in [1.54, 1.807) is 6.07 Å². The van der Waals surface area contributed by atoms with Crippen molar-refractivity contribution < 1.29 is 4.39 Å². The van der Waals surface area contributed by atoms with Crippen LogP contribution in [0.4, 0.5) is 10.1 Å². The summed E-state index contributed by atoms with van der Waals surface area (Å²) in [5.74, 6) is 0.361. The van der Waals surface area contributed by atoms with Crippen LogP contribution in [-0.4, -0.2) is 9.55 Å². The van der Waals surface area contributed by atoms with Gasteiger partial charge in [0.1, 0.15) is 11.3 Å². The molecule has 3 aromatic rings. The molecule has 1 heterocycles. The average Bonchev–Trinajstić information content (AvgIpc) is 2.72. The molecule has 0 unspecified atom stereocenters. The van der Waals surface area contributed by atoms with E-state index in [1.165, 1.54) is 6.07 Å². The van der Waals surface area contributed by atoms with Crippen LogP contribution in [0.25, 0.3) is 22.4 Å². The smallest absolute Gasteiger partial charge is 0.151 e. The number of fused-ring (bicyclic) bond motifs is 1. The first-order valence-corrected chi connectivity index (χ1v) is 6.82. The molecule has 0 amide bonds. The van der Waals surface area contributed by atoms with Crippen molar-refractivity contribution in [3.8, 4) is 11.4 Å². The highest BCUT2D eigenvalue weighted by Gasteiger charge is 2.14. The van der Waals surface area contributed by atoms with Gasteiger partial charge in [-0.3, -0.25) is 0 Å². The molecule has 0 aliphatic rings. The lowest BCUT2D eigenvalue weighted by atomic mass is 10.2. The summed E-state index contributed by atoms with van der Waals surface area (Å²) >= 11 is 2.22. The van der Waals surface area contributed by atoms with E-state index in [9.17, 15) is 4.39 Å². The highest BCUT2D eigenvalue weighted by Crippen LogP contribution is 2.30. The van der Waals surface area contributed by atoms with E-state index in [1.807, 2.05) is 35.9 Å². The third-order valence-corrected chi connectivity index (χ3v) is 3.79. The zero-order valence-corrected chi connectivity index (χ0v) is 12.3. The van der Waals surface area contributed by atoms with Gasteiger partial charge in [-0.25, -0.2) is 9.37 Å². The van der Waals surface area contributed by atoms with Gasteiger partial charge in [-0.05, 0) is 52.9 Å². The van der Waals surface area contributed by atoms with Crippen LogP contribution in [0.3, 0.4) is 0 Å². The van der Waals surface area contributed by atoms with Crippen molar-refractivity contribution in [2.75, 3.05) is 5.73 Å². The number of halogens is 2. The van der Waals surface area contributed by atoms with Gasteiger partial charge in [0.2, 0.25) is 0 Å². The number of benzene rings is 2. The van der Waals surface area contributed by atoms with Crippen LogP contribution in [0, 0.1) is 9.39 Å². The summed E-state index contributed by atoms with van der Waals surface area (Å²) in [5, 5.41) is 0. The fourth-order valence-corrected chi connectivity index (χ4v) is 2.63. The van der Waals surface area contributed by atoms with E-state index in [-0.39, 0.29) is 5.82 Å². The van der Waals surface area contributed by atoms with E-state index in [4.69, 9.17) is 5.73 Å². The molecule has 3 rings (SSSR count). The molecule has 0 aliphatic heterocycles. The van der Waals surface area contributed by atoms with Gasteiger partial charge in [0, 0.05) is 21.9 Å². The van der Waals surface area contributed by atoms with E-state index in [0.717, 1.165) is 14.7 Å². The molecular formula is C14H11FIN3. The Balaban J connectivity index is 2.34. The number of aromatic nitrogens is 2. The number of nitrogens with two attached hydrogens (primary N) is 1. The van der Waals surface area contributed by atoms with Crippen LogP contribution in [0.5, 0.6) is 0 Å². The summed E-state index contributed by atoms with van der Waals surface area (Å²) in [7, 11) is 1.86. The van der Waals surface area contributed by atoms with Gasteiger partial charge in [-0.2, -0.15) is 0 Å². The topological polar surface area (TPSA) is 43.8 Å². The van der Waals surface area contributed by atoms with Gasteiger partial charge in [0.25, 0.3) is 0 Å². The Hall–Kier alpha value is -1.63. The number of hydrogen-bond acceptors (Lipinski definition) is 2. The van der Waals surface area contributed by atoms with E-state index < -0.39 is 0 Å². The van der Waals surface area contributed by atoms with Crippen molar-refractivity contribution in [3.63, 3.8) is 0 Å². The lowest BCUT2D eigenvalue weighted by Gasteiger charge is -2.06. The predicted molar refractivity (Wildman–Crippen MR) is 83.2 cm³/mol. The van der Waals surface area contributed by atoms with Crippen molar-refractivity contribution in [1.82, 2.24) is 9.55 Å². The van der Waals surface area contributed by atoms with Crippen molar-refractivity contribution in [2.45, 2.75) is 0 Å². The number of hydrogen-bond donors (Lipinski definition) is 1. The number of aryl methyl sites for hydroxylation is 1. The number of nitrogens with zero attached hydrogens (tertiary/aromatic N) is 2. The monoisotopic (exact) mass is 367 g/mol. The molecule has 0 aliphatic carbocycles. The van der Waals surface area contributed by atoms with Gasteiger partial charge in [0.15, 0.2) is 5.82 Å². The van der Waals surface area contributed by atoms with Crippen LogP contribution in [0.15, 0.2) is 36.4 Å². The van der Waals surface area contributed by atoms with Gasteiger partial charge < -0.3 is 10.3 Å². The second-order valence-electron chi connectivity index (χ2n) is 4.33. The highest BCUT2D eigenvalue weighted by molar-refractivity contribution is 14.1. The molecule has 96 valence electrons. The van der Waals surface area contributed by atoms with Crippen molar-refractivity contribution in [3.05, 3.63) is 45.8 Å². The van der Waals surface area contributed by atoms with Gasteiger partial charge in [-0.15, -0.1) is 0 Å². The Kier molecular flexibility index (Phi) is 2.93. The quantitative estimate of drug-likeness (QED) is 0.528. The molecule has 0 radical (unpaired) electrons. The number of nitrogen functional groups attached to an aromatic ring is 1. The molecule has 3 nitrogen and oxygen atoms in total. The summed E-state index contributed by atoms with van der Waals surface area (Å²) in [5.41, 5.74) is 8.59. The first-order valence-electron chi connectivity index (χ1n) is 5.74. The maximum absolute atomic E-state index is 13.8. The molecule has 5 heteroatoms. The molecule has 0 saturated carbocycles. The highest BCUT2D eigenvalue weighted by atomic mass is 127. The van der Waals surface area contributed by atoms with E-state index in [0.29, 0.717) is 17.0 Å². The maximum Gasteiger partial charge on any atom is 0.151 e. The van der Waals surface area contributed by atoms with Crippen molar-refractivity contribution >= 4 is 39.3 Å². The van der Waals surface area contributed by atoms with Crippen molar-refractivity contribution in [1.29, 1.82) is 0 Å². The molecule has 0 fully saturated rings. The zero-order valence-electron chi connectivity index (χ0n) is 10.2. The van der Waals surface area contributed by atoms with Crippen LogP contribution in [-0.2, 0) is 7.05 Å². The van der Waals surface area contributed by atoms with Gasteiger partial charge in [-0.1, -0.05) is 6.07 Å². The largest absolute Gasteiger partial charge is 0.398 e. The molecular weight excluding hydrogens is 356 g/mol. The molecule has 2 aromatic carbocycles. The Morgan fingerprint density at radius 2 is 2.05 bits per heavy atom. The fraction of sp³-hybridized carbons (Fsp3) is 0.0714. The minimum absolute atomic E-state index is 0.316. The molecule has 0 saturated heterocycles. The SMILES string of the molecule is Cn1c(-c2cc(I)ccc2N)nc2c(F)cccc21. The molecule has 2 N–H and O–H groups in total. The van der Waals surface area contributed by atoms with Gasteiger partial charge in [0.05, 0.1) is 5.52 Å². The summed E-state index contributed by atoms with van der Waals surface area (Å²) in [6.07, 6.45) is 0. The predicted octanol–water partition coefficient (Wildman–Crippen LogP) is 3.57. The van der Waals surface area contributed by atoms with Crippen LogP contribution in [0.2, 0.25) is 0 Å². The first-order chi connectivity index (χ1) is 9.08. The first kappa shape index (κ1) is 12.4. The average molecular weight is 367 g/mol. The molecule has 0 bridgehead atoms. The molecule has 19 heavy (non-hydrogen) atoms. The third-order valence-electron chi connectivity index (χ3n) is 3.12. The van der Waals surface area contributed by atoms with Gasteiger partial charge >= 0.3 is 0 Å². The molecule has 0 atom stereocenters. The van der Waals surface area contributed by atoms with E-state index in [2.05, 4.69) is 27.6 Å². The normalized spacial score (nSPS) is 11.1. The summed E-state index contributed by atoms with van der Waals surface area (Å²) < 4.78 is 16.7. The minimum Gasteiger partial charge on any atom is -0.398 e. The summed E-state index contributed by atoms with van der Waals surface area (Å²) in [6.45, 7) is 0. The minimum atomic E-state index is -0.316. The fourth-order valence-electron chi connectivity index (χ4n) is 2.14. The number of imidazole rings is 1. The van der Waals surface area contributed by atoms with Crippen LogP contribution < -0.4 is 5.73 Å². The number of para-hydroxylation sites is 1. The summed E-state index contributed by atoms with van der Waals surface area (Å²) in [6, 6.07) is 10.7. The summed E-state index contributed by atoms with van der Waals surface area (Å²) in [4.78, 5) is 4.39. The zero-order chi connectivity index (χ0) is 13.6.